The Morgan fingerprint density at radius 3 is 2.71 bits per heavy atom. The van der Waals surface area contributed by atoms with Crippen molar-refractivity contribution in [3.05, 3.63) is 28.8 Å². The number of hydrogen-bond acceptors (Lipinski definition) is 3. The molecular formula is C11H17ClN2O2S. The summed E-state index contributed by atoms with van der Waals surface area (Å²) >= 11 is 5.92. The minimum atomic E-state index is -3.32. The SMILES string of the molecule is CCNCCS(=O)(=O)Nc1cccc(Cl)c1C. The van der Waals surface area contributed by atoms with Crippen LogP contribution in [-0.2, 0) is 10.0 Å². The number of halogens is 1. The van der Waals surface area contributed by atoms with E-state index in [1.54, 1.807) is 25.1 Å². The first kappa shape index (κ1) is 14.3. The molecule has 0 saturated carbocycles. The molecule has 0 saturated heterocycles. The Kier molecular flexibility index (Phi) is 5.24. The maximum atomic E-state index is 11.7. The molecule has 0 atom stereocenters. The summed E-state index contributed by atoms with van der Waals surface area (Å²) in [7, 11) is -3.32. The first-order valence-corrected chi connectivity index (χ1v) is 7.45. The first-order chi connectivity index (χ1) is 7.96. The largest absolute Gasteiger partial charge is 0.316 e. The minimum absolute atomic E-state index is 0.0484. The van der Waals surface area contributed by atoms with Gasteiger partial charge in [0.1, 0.15) is 0 Å². The molecule has 0 aliphatic carbocycles. The molecule has 0 spiro atoms. The molecule has 4 nitrogen and oxygen atoms in total. The van der Waals surface area contributed by atoms with Crippen molar-refractivity contribution >= 4 is 27.3 Å². The van der Waals surface area contributed by atoms with Crippen molar-refractivity contribution in [1.82, 2.24) is 5.32 Å². The van der Waals surface area contributed by atoms with E-state index in [0.29, 0.717) is 17.3 Å². The molecule has 1 rings (SSSR count). The van der Waals surface area contributed by atoms with E-state index in [-0.39, 0.29) is 5.75 Å². The summed E-state index contributed by atoms with van der Waals surface area (Å²) in [4.78, 5) is 0. The molecule has 17 heavy (non-hydrogen) atoms. The molecule has 0 unspecified atom stereocenters. The maximum absolute atomic E-state index is 11.7. The maximum Gasteiger partial charge on any atom is 0.233 e. The van der Waals surface area contributed by atoms with Crippen LogP contribution in [0, 0.1) is 6.92 Å². The average molecular weight is 277 g/mol. The summed E-state index contributed by atoms with van der Waals surface area (Å²) in [6.07, 6.45) is 0. The van der Waals surface area contributed by atoms with E-state index >= 15 is 0 Å². The van der Waals surface area contributed by atoms with Crippen LogP contribution in [0.3, 0.4) is 0 Å². The minimum Gasteiger partial charge on any atom is -0.316 e. The monoisotopic (exact) mass is 276 g/mol. The van der Waals surface area contributed by atoms with Gasteiger partial charge in [0.2, 0.25) is 10.0 Å². The van der Waals surface area contributed by atoms with Crippen LogP contribution >= 0.6 is 11.6 Å². The molecule has 1 aromatic rings. The van der Waals surface area contributed by atoms with Crippen LogP contribution in [0.4, 0.5) is 5.69 Å². The zero-order valence-corrected chi connectivity index (χ0v) is 11.5. The second-order valence-corrected chi connectivity index (χ2v) is 5.94. The smallest absolute Gasteiger partial charge is 0.233 e. The molecule has 0 radical (unpaired) electrons. The predicted molar refractivity (Wildman–Crippen MR) is 72.1 cm³/mol. The summed E-state index contributed by atoms with van der Waals surface area (Å²) in [6, 6.07) is 5.15. The summed E-state index contributed by atoms with van der Waals surface area (Å²) in [5, 5.41) is 3.52. The highest BCUT2D eigenvalue weighted by molar-refractivity contribution is 7.92. The van der Waals surface area contributed by atoms with Crippen LogP contribution in [0.2, 0.25) is 5.02 Å². The fraction of sp³-hybridized carbons (Fsp3) is 0.455. The Labute approximate surface area is 107 Å². The number of anilines is 1. The fourth-order valence-corrected chi connectivity index (χ4v) is 2.57. The van der Waals surface area contributed by atoms with Crippen LogP contribution in [-0.4, -0.2) is 27.3 Å². The van der Waals surface area contributed by atoms with E-state index in [1.165, 1.54) is 0 Å². The highest BCUT2D eigenvalue weighted by Gasteiger charge is 2.12. The molecule has 6 heteroatoms. The summed E-state index contributed by atoms with van der Waals surface area (Å²) in [5.74, 6) is 0.0484. The molecule has 0 amide bonds. The predicted octanol–water partition coefficient (Wildman–Crippen LogP) is 2.00. The van der Waals surface area contributed by atoms with Gasteiger partial charge in [-0.15, -0.1) is 0 Å². The summed E-state index contributed by atoms with van der Waals surface area (Å²) in [5.41, 5.74) is 1.27. The van der Waals surface area contributed by atoms with Crippen molar-refractivity contribution in [2.75, 3.05) is 23.6 Å². The lowest BCUT2D eigenvalue weighted by molar-refractivity contribution is 0.597. The average Bonchev–Trinajstić information content (AvgIpc) is 2.25. The Morgan fingerprint density at radius 1 is 1.35 bits per heavy atom. The Balaban J connectivity index is 2.73. The van der Waals surface area contributed by atoms with Crippen LogP contribution in [0.1, 0.15) is 12.5 Å². The van der Waals surface area contributed by atoms with Crippen molar-refractivity contribution < 1.29 is 8.42 Å². The van der Waals surface area contributed by atoms with E-state index in [9.17, 15) is 8.42 Å². The third-order valence-corrected chi connectivity index (χ3v) is 4.01. The first-order valence-electron chi connectivity index (χ1n) is 5.42. The third-order valence-electron chi connectivity index (χ3n) is 2.33. The lowest BCUT2D eigenvalue weighted by Gasteiger charge is -2.11. The van der Waals surface area contributed by atoms with Crippen LogP contribution < -0.4 is 10.0 Å². The number of nitrogens with one attached hydrogen (secondary N) is 2. The van der Waals surface area contributed by atoms with E-state index in [0.717, 1.165) is 12.1 Å². The summed E-state index contributed by atoms with van der Waals surface area (Å²) < 4.78 is 26.0. The van der Waals surface area contributed by atoms with Gasteiger partial charge in [-0.3, -0.25) is 4.72 Å². The molecule has 0 fully saturated rings. The van der Waals surface area contributed by atoms with E-state index in [4.69, 9.17) is 11.6 Å². The summed E-state index contributed by atoms with van der Waals surface area (Å²) in [6.45, 7) is 4.91. The van der Waals surface area contributed by atoms with Gasteiger partial charge in [-0.05, 0) is 31.2 Å². The molecular weight excluding hydrogens is 260 g/mol. The molecule has 0 bridgehead atoms. The number of sulfonamides is 1. The van der Waals surface area contributed by atoms with Crippen LogP contribution in [0.5, 0.6) is 0 Å². The zero-order valence-electron chi connectivity index (χ0n) is 9.96. The normalized spacial score (nSPS) is 11.5. The highest BCUT2D eigenvalue weighted by Crippen LogP contribution is 2.23. The Morgan fingerprint density at radius 2 is 2.06 bits per heavy atom. The number of benzene rings is 1. The molecule has 0 aromatic heterocycles. The molecule has 0 aliphatic heterocycles. The standard InChI is InChI=1S/C11H17ClN2O2S/c1-3-13-7-8-17(15,16)14-11-6-4-5-10(12)9(11)2/h4-6,13-14H,3,7-8H2,1-2H3. The topological polar surface area (TPSA) is 58.2 Å². The van der Waals surface area contributed by atoms with Gasteiger partial charge in [-0.2, -0.15) is 0 Å². The van der Waals surface area contributed by atoms with Crippen molar-refractivity contribution in [2.45, 2.75) is 13.8 Å². The van der Waals surface area contributed by atoms with Crippen molar-refractivity contribution in [2.24, 2.45) is 0 Å². The van der Waals surface area contributed by atoms with E-state index < -0.39 is 10.0 Å². The fourth-order valence-electron chi connectivity index (χ4n) is 1.32. The second kappa shape index (κ2) is 6.23. The van der Waals surface area contributed by atoms with Gasteiger partial charge < -0.3 is 5.32 Å². The zero-order chi connectivity index (χ0) is 12.9. The quantitative estimate of drug-likeness (QED) is 0.782. The van der Waals surface area contributed by atoms with Crippen molar-refractivity contribution in [3.8, 4) is 0 Å². The molecule has 0 aliphatic rings. The van der Waals surface area contributed by atoms with Gasteiger partial charge in [-0.25, -0.2) is 8.42 Å². The van der Waals surface area contributed by atoms with Gasteiger partial charge in [0.05, 0.1) is 11.4 Å². The van der Waals surface area contributed by atoms with Gasteiger partial charge in [0.15, 0.2) is 0 Å². The van der Waals surface area contributed by atoms with Crippen molar-refractivity contribution in [3.63, 3.8) is 0 Å². The number of rotatable bonds is 6. The van der Waals surface area contributed by atoms with Gasteiger partial charge in [0.25, 0.3) is 0 Å². The second-order valence-electron chi connectivity index (χ2n) is 3.69. The lowest BCUT2D eigenvalue weighted by atomic mass is 10.2. The molecule has 2 N–H and O–H groups in total. The Hall–Kier alpha value is -0.780. The van der Waals surface area contributed by atoms with Crippen LogP contribution in [0.25, 0.3) is 0 Å². The van der Waals surface area contributed by atoms with E-state index in [2.05, 4.69) is 10.0 Å². The molecule has 1 aromatic carbocycles. The molecule has 96 valence electrons. The van der Waals surface area contributed by atoms with Gasteiger partial charge in [0, 0.05) is 11.6 Å². The highest BCUT2D eigenvalue weighted by atomic mass is 35.5. The van der Waals surface area contributed by atoms with Gasteiger partial charge >= 0.3 is 0 Å². The molecule has 0 heterocycles. The van der Waals surface area contributed by atoms with Gasteiger partial charge in [-0.1, -0.05) is 24.6 Å². The van der Waals surface area contributed by atoms with E-state index in [1.807, 2.05) is 6.92 Å². The lowest BCUT2D eigenvalue weighted by Crippen LogP contribution is -2.26. The Bertz CT molecular complexity index is 474. The van der Waals surface area contributed by atoms with Crippen LogP contribution in [0.15, 0.2) is 18.2 Å². The third kappa shape index (κ3) is 4.53. The number of hydrogen-bond donors (Lipinski definition) is 2. The van der Waals surface area contributed by atoms with Crippen molar-refractivity contribution in [1.29, 1.82) is 0 Å².